The third-order valence-corrected chi connectivity index (χ3v) is 3.33. The van der Waals surface area contributed by atoms with Crippen LogP contribution >= 0.6 is 0 Å². The fraction of sp³-hybridized carbons (Fsp3) is 0.556. The van der Waals surface area contributed by atoms with E-state index in [1.54, 1.807) is 19.5 Å². The maximum absolute atomic E-state index is 11.4. The molecule has 0 bridgehead atoms. The molecular weight excluding hydrogens is 216 g/mol. The highest BCUT2D eigenvalue weighted by atomic mass is 32.2. The molecule has 86 valence electrons. The first-order chi connectivity index (χ1) is 7.14. The van der Waals surface area contributed by atoms with Gasteiger partial charge in [-0.2, -0.15) is 0 Å². The lowest BCUT2D eigenvalue weighted by molar-refractivity contribution is 0.199. The molecule has 0 aliphatic heterocycles. The monoisotopic (exact) mass is 232 g/mol. The third kappa shape index (κ3) is 4.96. The summed E-state index contributed by atoms with van der Waals surface area (Å²) >= 11 is 0. The van der Waals surface area contributed by atoms with Crippen LogP contribution in [0.15, 0.2) is 18.5 Å². The molecule has 0 aliphatic rings. The maximum Gasteiger partial charge on any atom is 0.211 e. The van der Waals surface area contributed by atoms with Crippen LogP contribution < -0.4 is 4.72 Å². The van der Waals surface area contributed by atoms with Gasteiger partial charge in [-0.3, -0.25) is 0 Å². The van der Waals surface area contributed by atoms with E-state index in [0.29, 0.717) is 19.6 Å². The van der Waals surface area contributed by atoms with E-state index in [4.69, 9.17) is 4.74 Å². The van der Waals surface area contributed by atoms with Crippen molar-refractivity contribution in [3.63, 3.8) is 0 Å². The molecule has 0 aliphatic carbocycles. The van der Waals surface area contributed by atoms with Crippen LogP contribution in [0.2, 0.25) is 0 Å². The van der Waals surface area contributed by atoms with Crippen LogP contribution in [-0.4, -0.2) is 32.9 Å². The summed E-state index contributed by atoms with van der Waals surface area (Å²) in [5, 5.41) is 0. The molecule has 15 heavy (non-hydrogen) atoms. The van der Waals surface area contributed by atoms with Gasteiger partial charge >= 0.3 is 0 Å². The number of ether oxygens (including phenoxy) is 1. The summed E-state index contributed by atoms with van der Waals surface area (Å²) in [7, 11) is -1.62. The second kappa shape index (κ2) is 5.89. The number of nitrogens with one attached hydrogen (secondary N) is 2. The third-order valence-electron chi connectivity index (χ3n) is 1.92. The van der Waals surface area contributed by atoms with Crippen LogP contribution in [-0.2, 0) is 21.3 Å². The zero-order valence-electron chi connectivity index (χ0n) is 8.69. The van der Waals surface area contributed by atoms with Crippen LogP contribution in [0.5, 0.6) is 0 Å². The van der Waals surface area contributed by atoms with E-state index >= 15 is 0 Å². The van der Waals surface area contributed by atoms with E-state index in [-0.39, 0.29) is 5.75 Å². The summed E-state index contributed by atoms with van der Waals surface area (Å²) in [4.78, 5) is 2.86. The molecule has 0 aromatic carbocycles. The Hall–Kier alpha value is -0.850. The van der Waals surface area contributed by atoms with Gasteiger partial charge in [0.15, 0.2) is 0 Å². The molecule has 6 heteroatoms. The van der Waals surface area contributed by atoms with E-state index in [2.05, 4.69) is 9.71 Å². The molecule has 1 aromatic heterocycles. The van der Waals surface area contributed by atoms with Gasteiger partial charge in [0.2, 0.25) is 10.0 Å². The Balaban J connectivity index is 2.30. The van der Waals surface area contributed by atoms with E-state index < -0.39 is 10.0 Å². The lowest BCUT2D eigenvalue weighted by atomic mass is 10.4. The number of sulfonamides is 1. The van der Waals surface area contributed by atoms with Gasteiger partial charge in [-0.15, -0.1) is 0 Å². The first-order valence-corrected chi connectivity index (χ1v) is 6.37. The smallest absolute Gasteiger partial charge is 0.211 e. The first kappa shape index (κ1) is 12.2. The van der Waals surface area contributed by atoms with Crippen LogP contribution in [0.3, 0.4) is 0 Å². The highest BCUT2D eigenvalue weighted by Gasteiger charge is 2.09. The Morgan fingerprint density at radius 3 is 2.93 bits per heavy atom. The predicted molar refractivity (Wildman–Crippen MR) is 57.9 cm³/mol. The highest BCUT2D eigenvalue weighted by molar-refractivity contribution is 7.89. The van der Waals surface area contributed by atoms with Crippen molar-refractivity contribution >= 4 is 10.0 Å². The Morgan fingerprint density at radius 2 is 2.33 bits per heavy atom. The van der Waals surface area contributed by atoms with Gasteiger partial charge in [0.25, 0.3) is 0 Å². The van der Waals surface area contributed by atoms with Gasteiger partial charge < -0.3 is 9.72 Å². The molecule has 5 nitrogen and oxygen atoms in total. The molecule has 0 atom stereocenters. The average Bonchev–Trinajstić information content (AvgIpc) is 2.68. The minimum atomic E-state index is -3.17. The Labute approximate surface area is 89.9 Å². The van der Waals surface area contributed by atoms with Crippen molar-refractivity contribution in [1.82, 2.24) is 9.71 Å². The van der Waals surface area contributed by atoms with Gasteiger partial charge in [0.05, 0.1) is 5.75 Å². The van der Waals surface area contributed by atoms with Crippen molar-refractivity contribution in [2.75, 3.05) is 19.5 Å². The molecule has 0 fully saturated rings. The number of hydrogen-bond acceptors (Lipinski definition) is 3. The van der Waals surface area contributed by atoms with Crippen LogP contribution in [0, 0.1) is 0 Å². The zero-order chi connectivity index (χ0) is 11.1. The van der Waals surface area contributed by atoms with Gasteiger partial charge in [-0.1, -0.05) is 0 Å². The largest absolute Gasteiger partial charge is 0.385 e. The minimum Gasteiger partial charge on any atom is -0.385 e. The topological polar surface area (TPSA) is 71.2 Å². The van der Waals surface area contributed by atoms with Gasteiger partial charge in [0.1, 0.15) is 0 Å². The molecule has 0 amide bonds. The molecule has 0 unspecified atom stereocenters. The van der Waals surface area contributed by atoms with Crippen LogP contribution in [0.1, 0.15) is 12.0 Å². The summed E-state index contributed by atoms with van der Waals surface area (Å²) in [6.45, 7) is 0.796. The molecule has 2 N–H and O–H groups in total. The second-order valence-corrected chi connectivity index (χ2v) is 5.13. The summed E-state index contributed by atoms with van der Waals surface area (Å²) in [5.41, 5.74) is 0.922. The van der Waals surface area contributed by atoms with Crippen molar-refractivity contribution in [2.24, 2.45) is 0 Å². The number of rotatable bonds is 7. The Kier molecular flexibility index (Phi) is 4.80. The molecule has 0 radical (unpaired) electrons. The average molecular weight is 232 g/mol. The number of aromatic nitrogens is 1. The minimum absolute atomic E-state index is 0.102. The molecule has 0 spiro atoms. The molecule has 1 heterocycles. The van der Waals surface area contributed by atoms with Gasteiger partial charge in [-0.05, 0) is 18.1 Å². The maximum atomic E-state index is 11.4. The van der Waals surface area contributed by atoms with Gasteiger partial charge in [-0.25, -0.2) is 13.1 Å². The molecule has 0 saturated carbocycles. The SMILES string of the molecule is COCCCS(=O)(=O)NCc1cc[nH]c1. The number of methoxy groups -OCH3 is 1. The summed E-state index contributed by atoms with van der Waals surface area (Å²) in [6.07, 6.45) is 4.03. The normalized spacial score (nSPS) is 11.8. The lowest BCUT2D eigenvalue weighted by Crippen LogP contribution is -2.26. The summed E-state index contributed by atoms with van der Waals surface area (Å²) < 4.78 is 30.2. The highest BCUT2D eigenvalue weighted by Crippen LogP contribution is 1.98. The van der Waals surface area contributed by atoms with Crippen molar-refractivity contribution in [1.29, 1.82) is 0 Å². The fourth-order valence-corrected chi connectivity index (χ4v) is 2.16. The molecule has 1 rings (SSSR count). The van der Waals surface area contributed by atoms with E-state index in [0.717, 1.165) is 5.56 Å². The van der Waals surface area contributed by atoms with Crippen molar-refractivity contribution in [3.8, 4) is 0 Å². The van der Waals surface area contributed by atoms with E-state index in [9.17, 15) is 8.42 Å². The van der Waals surface area contributed by atoms with Crippen molar-refractivity contribution < 1.29 is 13.2 Å². The predicted octanol–water partition coefficient (Wildman–Crippen LogP) is 0.471. The molecule has 0 saturated heterocycles. The standard InChI is InChI=1S/C9H16N2O3S/c1-14-5-2-6-15(12,13)11-8-9-3-4-10-7-9/h3-4,7,10-11H,2,5-6,8H2,1H3. The Morgan fingerprint density at radius 1 is 1.53 bits per heavy atom. The van der Waals surface area contributed by atoms with E-state index in [1.807, 2.05) is 6.07 Å². The van der Waals surface area contributed by atoms with Crippen molar-refractivity contribution in [3.05, 3.63) is 24.0 Å². The summed E-state index contributed by atoms with van der Waals surface area (Å²) in [5.74, 6) is 0.102. The van der Waals surface area contributed by atoms with Crippen LogP contribution in [0.25, 0.3) is 0 Å². The first-order valence-electron chi connectivity index (χ1n) is 4.72. The fourth-order valence-electron chi connectivity index (χ4n) is 1.13. The zero-order valence-corrected chi connectivity index (χ0v) is 9.51. The lowest BCUT2D eigenvalue weighted by Gasteiger charge is -2.04. The molecule has 1 aromatic rings. The second-order valence-electron chi connectivity index (χ2n) is 3.21. The van der Waals surface area contributed by atoms with E-state index in [1.165, 1.54) is 0 Å². The quantitative estimate of drug-likeness (QED) is 0.671. The number of hydrogen-bond donors (Lipinski definition) is 2. The number of aromatic amines is 1. The number of H-pyrrole nitrogens is 1. The van der Waals surface area contributed by atoms with Crippen molar-refractivity contribution in [2.45, 2.75) is 13.0 Å². The van der Waals surface area contributed by atoms with Crippen LogP contribution in [0.4, 0.5) is 0 Å². The molecular formula is C9H16N2O3S. The Bertz CT molecular complexity index is 359. The summed E-state index contributed by atoms with van der Waals surface area (Å²) in [6, 6.07) is 1.83. The van der Waals surface area contributed by atoms with Gasteiger partial charge in [0, 0.05) is 32.7 Å².